The third-order valence-electron chi connectivity index (χ3n) is 5.88. The van der Waals surface area contributed by atoms with Gasteiger partial charge in [-0.25, -0.2) is 0 Å². The molecule has 0 fully saturated rings. The normalized spacial score (nSPS) is 15.8. The molecule has 0 bridgehead atoms. The van der Waals surface area contributed by atoms with Crippen LogP contribution in [0.3, 0.4) is 0 Å². The second-order valence-electron chi connectivity index (χ2n) is 7.58. The number of hydrogen-bond donors (Lipinski definition) is 1. The maximum Gasteiger partial charge on any atom is 0.294 e. The van der Waals surface area contributed by atoms with E-state index in [4.69, 9.17) is 4.74 Å². The second kappa shape index (κ2) is 9.50. The monoisotopic (exact) mass is 462 g/mol. The Kier molecular flexibility index (Phi) is 6.51. The molecule has 1 N–H and O–H groups in total. The van der Waals surface area contributed by atoms with E-state index in [0.29, 0.717) is 16.3 Å². The van der Waals surface area contributed by atoms with Crippen LogP contribution in [-0.4, -0.2) is 37.0 Å². The Bertz CT molecular complexity index is 1180. The van der Waals surface area contributed by atoms with E-state index in [0.717, 1.165) is 24.3 Å². The summed E-state index contributed by atoms with van der Waals surface area (Å²) >= 11 is 1.28. The zero-order valence-corrected chi connectivity index (χ0v) is 19.6. The molecule has 6 nitrogen and oxygen atoms in total. The van der Waals surface area contributed by atoms with Crippen molar-refractivity contribution in [2.24, 2.45) is 0 Å². The number of para-hydroxylation sites is 2. The summed E-state index contributed by atoms with van der Waals surface area (Å²) in [5, 5.41) is 12.7. The summed E-state index contributed by atoms with van der Waals surface area (Å²) in [6.45, 7) is 5.92. The number of carbonyl (C=O) groups is 2. The van der Waals surface area contributed by atoms with Crippen molar-refractivity contribution in [1.29, 1.82) is 0 Å². The van der Waals surface area contributed by atoms with Gasteiger partial charge in [-0.2, -0.15) is 0 Å². The Labute approximate surface area is 197 Å². The van der Waals surface area contributed by atoms with Crippen molar-refractivity contribution in [1.82, 2.24) is 0 Å². The van der Waals surface area contributed by atoms with Crippen LogP contribution in [-0.2, 0) is 4.79 Å². The van der Waals surface area contributed by atoms with Gasteiger partial charge in [-0.3, -0.25) is 14.5 Å². The number of amides is 1. The maximum absolute atomic E-state index is 13.4. The number of methoxy groups -OCH3 is 1. The fourth-order valence-electron chi connectivity index (χ4n) is 4.23. The molecular weight excluding hydrogens is 436 g/mol. The largest absolute Gasteiger partial charge is 0.503 e. The fraction of sp³-hybridized carbons (Fsp3) is 0.231. The van der Waals surface area contributed by atoms with E-state index in [1.54, 1.807) is 35.7 Å². The number of rotatable bonds is 8. The molecule has 0 spiro atoms. The van der Waals surface area contributed by atoms with Crippen molar-refractivity contribution >= 4 is 34.4 Å². The minimum atomic E-state index is -0.783. The molecule has 2 aromatic carbocycles. The van der Waals surface area contributed by atoms with Gasteiger partial charge in [0.2, 0.25) is 5.78 Å². The van der Waals surface area contributed by atoms with Crippen LogP contribution in [0, 0.1) is 0 Å². The van der Waals surface area contributed by atoms with E-state index in [9.17, 15) is 14.7 Å². The molecule has 0 saturated carbocycles. The minimum Gasteiger partial charge on any atom is -0.503 e. The van der Waals surface area contributed by atoms with E-state index in [1.165, 1.54) is 23.3 Å². The number of Topliss-reactive ketones (excluding diaryl/α,β-unsaturated/α-hetero) is 1. The quantitative estimate of drug-likeness (QED) is 0.455. The van der Waals surface area contributed by atoms with Gasteiger partial charge in [0.05, 0.1) is 29.3 Å². The summed E-state index contributed by atoms with van der Waals surface area (Å²) in [5.41, 5.74) is 2.35. The van der Waals surface area contributed by atoms with Crippen LogP contribution in [0.5, 0.6) is 5.75 Å². The number of nitrogens with zero attached hydrogens (tertiary/aromatic N) is 2. The number of anilines is 2. The molecule has 1 aromatic heterocycles. The van der Waals surface area contributed by atoms with Crippen LogP contribution in [0.2, 0.25) is 0 Å². The Morgan fingerprint density at radius 1 is 1.06 bits per heavy atom. The summed E-state index contributed by atoms with van der Waals surface area (Å²) in [6, 6.07) is 17.6. The van der Waals surface area contributed by atoms with Crippen LogP contribution in [0.25, 0.3) is 0 Å². The molecule has 3 aromatic rings. The third kappa shape index (κ3) is 4.00. The predicted octanol–water partition coefficient (Wildman–Crippen LogP) is 5.39. The topological polar surface area (TPSA) is 70.1 Å². The highest BCUT2D eigenvalue weighted by atomic mass is 32.1. The van der Waals surface area contributed by atoms with Crippen LogP contribution in [0.4, 0.5) is 11.4 Å². The highest BCUT2D eigenvalue weighted by Crippen LogP contribution is 2.45. The molecule has 33 heavy (non-hydrogen) atoms. The average Bonchev–Trinajstić information content (AvgIpc) is 3.47. The number of ketones is 1. The Morgan fingerprint density at radius 2 is 1.76 bits per heavy atom. The summed E-state index contributed by atoms with van der Waals surface area (Å²) in [7, 11) is 1.53. The lowest BCUT2D eigenvalue weighted by Crippen LogP contribution is -2.31. The minimum absolute atomic E-state index is 0.0731. The van der Waals surface area contributed by atoms with Gasteiger partial charge in [-0.05, 0) is 55.1 Å². The molecule has 0 radical (unpaired) electrons. The first-order valence-corrected chi connectivity index (χ1v) is 11.7. The summed E-state index contributed by atoms with van der Waals surface area (Å²) in [4.78, 5) is 30.9. The lowest BCUT2D eigenvalue weighted by molar-refractivity contribution is -0.117. The highest BCUT2D eigenvalue weighted by molar-refractivity contribution is 7.12. The first-order valence-electron chi connectivity index (χ1n) is 10.8. The Morgan fingerprint density at radius 3 is 2.36 bits per heavy atom. The molecule has 1 aliphatic heterocycles. The van der Waals surface area contributed by atoms with E-state index in [-0.39, 0.29) is 11.4 Å². The van der Waals surface area contributed by atoms with Gasteiger partial charge >= 0.3 is 0 Å². The second-order valence-corrected chi connectivity index (χ2v) is 8.53. The predicted molar refractivity (Wildman–Crippen MR) is 132 cm³/mol. The summed E-state index contributed by atoms with van der Waals surface area (Å²) < 4.78 is 5.49. The molecule has 0 saturated heterocycles. The van der Waals surface area contributed by atoms with Crippen molar-refractivity contribution < 1.29 is 19.4 Å². The van der Waals surface area contributed by atoms with Crippen molar-refractivity contribution in [3.63, 3.8) is 0 Å². The molecule has 1 amide bonds. The van der Waals surface area contributed by atoms with Crippen LogP contribution in [0.1, 0.15) is 35.1 Å². The number of hydrogen-bond acceptors (Lipinski definition) is 6. The number of aliphatic hydroxyl groups excluding tert-OH is 1. The molecule has 1 atom stereocenters. The number of thiophene rings is 1. The van der Waals surface area contributed by atoms with Crippen molar-refractivity contribution in [2.75, 3.05) is 30.0 Å². The lowest BCUT2D eigenvalue weighted by atomic mass is 9.94. The number of carbonyl (C=O) groups excluding carboxylic acids is 2. The first-order chi connectivity index (χ1) is 16.0. The van der Waals surface area contributed by atoms with E-state index in [2.05, 4.69) is 18.7 Å². The van der Waals surface area contributed by atoms with Gasteiger partial charge in [0.15, 0.2) is 5.76 Å². The van der Waals surface area contributed by atoms with E-state index < -0.39 is 17.7 Å². The molecular formula is C26H26N2O4S. The lowest BCUT2D eigenvalue weighted by Gasteiger charge is -2.28. The highest BCUT2D eigenvalue weighted by Gasteiger charge is 2.45. The zero-order chi connectivity index (χ0) is 23.5. The number of aliphatic hydroxyl groups is 1. The number of benzene rings is 2. The van der Waals surface area contributed by atoms with Gasteiger partial charge in [0, 0.05) is 18.8 Å². The van der Waals surface area contributed by atoms with Crippen LogP contribution < -0.4 is 14.5 Å². The van der Waals surface area contributed by atoms with Gasteiger partial charge in [0.1, 0.15) is 5.75 Å². The number of ether oxygens (including phenoxy) is 1. The van der Waals surface area contributed by atoms with Crippen molar-refractivity contribution in [3.8, 4) is 5.75 Å². The first kappa shape index (κ1) is 22.6. The van der Waals surface area contributed by atoms with Crippen LogP contribution >= 0.6 is 11.3 Å². The summed E-state index contributed by atoms with van der Waals surface area (Å²) in [6.07, 6.45) is 0. The molecule has 170 valence electrons. The van der Waals surface area contributed by atoms with Gasteiger partial charge < -0.3 is 14.7 Å². The fourth-order valence-corrected chi connectivity index (χ4v) is 4.90. The summed E-state index contributed by atoms with van der Waals surface area (Å²) in [5.74, 6) is -1.03. The molecule has 1 unspecified atom stereocenters. The van der Waals surface area contributed by atoms with Crippen LogP contribution in [0.15, 0.2) is 77.4 Å². The van der Waals surface area contributed by atoms with Crippen molar-refractivity contribution in [3.05, 3.63) is 87.8 Å². The maximum atomic E-state index is 13.4. The smallest absolute Gasteiger partial charge is 0.294 e. The van der Waals surface area contributed by atoms with E-state index in [1.807, 2.05) is 30.3 Å². The third-order valence-corrected chi connectivity index (χ3v) is 6.75. The molecule has 4 rings (SSSR count). The standard InChI is InChI=1S/C26H26N2O4S/c1-4-27(5-2)18-14-12-17(13-15-18)23-22(24(29)21-11-8-16-33-21)25(30)26(31)28(23)19-9-6-7-10-20(19)32-3/h6-16,23,30H,4-5H2,1-3H3. The van der Waals surface area contributed by atoms with Gasteiger partial charge in [-0.15, -0.1) is 11.3 Å². The average molecular weight is 463 g/mol. The van der Waals surface area contributed by atoms with Crippen molar-refractivity contribution in [2.45, 2.75) is 19.9 Å². The van der Waals surface area contributed by atoms with E-state index >= 15 is 0 Å². The molecule has 7 heteroatoms. The van der Waals surface area contributed by atoms with Gasteiger partial charge in [0.25, 0.3) is 5.91 Å². The molecule has 1 aliphatic rings. The zero-order valence-electron chi connectivity index (χ0n) is 18.8. The van der Waals surface area contributed by atoms with Gasteiger partial charge in [-0.1, -0.05) is 30.3 Å². The molecule has 0 aliphatic carbocycles. The Balaban J connectivity index is 1.86. The SMILES string of the molecule is CCN(CC)c1ccc(C2C(C(=O)c3cccs3)=C(O)C(=O)N2c2ccccc2OC)cc1. The Hall–Kier alpha value is -3.58. The molecule has 2 heterocycles.